The highest BCUT2D eigenvalue weighted by atomic mass is 19.1. The lowest BCUT2D eigenvalue weighted by atomic mass is 9.98. The predicted octanol–water partition coefficient (Wildman–Crippen LogP) is 2.30. The first-order valence-electron chi connectivity index (χ1n) is 4.58. The molecule has 1 fully saturated rings. The molecule has 0 N–H and O–H groups in total. The van der Waals surface area contributed by atoms with Crippen molar-refractivity contribution in [3.8, 4) is 0 Å². The number of halogens is 1. The Kier molecular flexibility index (Phi) is 2.29. The summed E-state index contributed by atoms with van der Waals surface area (Å²) in [4.78, 5) is 0. The first-order valence-corrected chi connectivity index (χ1v) is 4.58. The maximum absolute atomic E-state index is 12.7. The molecule has 0 saturated carbocycles. The SMILES string of the molecule is COC(c1ccc(F)cc1)C1(C)CO1. The second kappa shape index (κ2) is 3.33. The van der Waals surface area contributed by atoms with Gasteiger partial charge < -0.3 is 9.47 Å². The maximum atomic E-state index is 12.7. The standard InChI is InChI=1S/C11H13FO2/c1-11(7-14-11)10(13-2)8-3-5-9(12)6-4-8/h3-6,10H,7H2,1-2H3. The van der Waals surface area contributed by atoms with E-state index < -0.39 is 0 Å². The van der Waals surface area contributed by atoms with Crippen LogP contribution < -0.4 is 0 Å². The van der Waals surface area contributed by atoms with Gasteiger partial charge in [-0.3, -0.25) is 0 Å². The van der Waals surface area contributed by atoms with Crippen LogP contribution in [0.15, 0.2) is 24.3 Å². The zero-order chi connectivity index (χ0) is 10.2. The minimum atomic E-state index is -0.231. The van der Waals surface area contributed by atoms with E-state index in [0.717, 1.165) is 5.56 Å². The molecule has 14 heavy (non-hydrogen) atoms. The molecule has 2 nitrogen and oxygen atoms in total. The Hall–Kier alpha value is -0.930. The lowest BCUT2D eigenvalue weighted by Crippen LogP contribution is -2.20. The summed E-state index contributed by atoms with van der Waals surface area (Å²) in [6.07, 6.45) is -0.108. The Morgan fingerprint density at radius 2 is 2.00 bits per heavy atom. The fourth-order valence-electron chi connectivity index (χ4n) is 1.64. The highest BCUT2D eigenvalue weighted by molar-refractivity contribution is 5.23. The normalized spacial score (nSPS) is 27.4. The lowest BCUT2D eigenvalue weighted by Gasteiger charge is -2.19. The van der Waals surface area contributed by atoms with Gasteiger partial charge in [0, 0.05) is 7.11 Å². The number of hydrogen-bond acceptors (Lipinski definition) is 2. The number of ether oxygens (including phenoxy) is 2. The molecule has 1 aromatic carbocycles. The Labute approximate surface area is 82.6 Å². The van der Waals surface area contributed by atoms with E-state index in [2.05, 4.69) is 0 Å². The molecule has 1 aliphatic heterocycles. The molecule has 2 unspecified atom stereocenters. The van der Waals surface area contributed by atoms with Gasteiger partial charge in [-0.05, 0) is 24.6 Å². The molecule has 1 saturated heterocycles. The number of benzene rings is 1. The number of epoxide rings is 1. The van der Waals surface area contributed by atoms with Gasteiger partial charge >= 0.3 is 0 Å². The van der Waals surface area contributed by atoms with Crippen molar-refractivity contribution in [1.29, 1.82) is 0 Å². The summed E-state index contributed by atoms with van der Waals surface area (Å²) >= 11 is 0. The second-order valence-electron chi connectivity index (χ2n) is 3.77. The van der Waals surface area contributed by atoms with E-state index >= 15 is 0 Å². The third-order valence-electron chi connectivity index (χ3n) is 2.56. The van der Waals surface area contributed by atoms with Crippen molar-refractivity contribution in [3.63, 3.8) is 0 Å². The van der Waals surface area contributed by atoms with Crippen LogP contribution in [-0.2, 0) is 9.47 Å². The van der Waals surface area contributed by atoms with E-state index in [1.54, 1.807) is 19.2 Å². The molecule has 0 radical (unpaired) electrons. The first kappa shape index (κ1) is 9.62. The van der Waals surface area contributed by atoms with Gasteiger partial charge in [0.2, 0.25) is 0 Å². The van der Waals surface area contributed by atoms with Crippen molar-refractivity contribution in [1.82, 2.24) is 0 Å². The van der Waals surface area contributed by atoms with Crippen molar-refractivity contribution < 1.29 is 13.9 Å². The van der Waals surface area contributed by atoms with Gasteiger partial charge in [-0.15, -0.1) is 0 Å². The van der Waals surface area contributed by atoms with Gasteiger partial charge in [0.1, 0.15) is 17.5 Å². The van der Waals surface area contributed by atoms with E-state index in [1.807, 2.05) is 6.92 Å². The van der Waals surface area contributed by atoms with Gasteiger partial charge in [-0.1, -0.05) is 12.1 Å². The van der Waals surface area contributed by atoms with Crippen LogP contribution in [-0.4, -0.2) is 19.3 Å². The largest absolute Gasteiger partial charge is 0.374 e. The molecular weight excluding hydrogens is 183 g/mol. The van der Waals surface area contributed by atoms with Crippen molar-refractivity contribution in [3.05, 3.63) is 35.6 Å². The average Bonchev–Trinajstić information content (AvgIpc) is 2.89. The Bertz CT molecular complexity index is 317. The molecule has 0 aliphatic carbocycles. The van der Waals surface area contributed by atoms with Crippen LogP contribution in [0.3, 0.4) is 0 Å². The second-order valence-corrected chi connectivity index (χ2v) is 3.77. The highest BCUT2D eigenvalue weighted by Gasteiger charge is 2.48. The molecule has 76 valence electrons. The van der Waals surface area contributed by atoms with Crippen LogP contribution in [0.25, 0.3) is 0 Å². The third-order valence-corrected chi connectivity index (χ3v) is 2.56. The maximum Gasteiger partial charge on any atom is 0.123 e. The molecule has 0 bridgehead atoms. The van der Waals surface area contributed by atoms with Crippen LogP contribution in [0.5, 0.6) is 0 Å². The lowest BCUT2D eigenvalue weighted by molar-refractivity contribution is 0.0366. The van der Waals surface area contributed by atoms with E-state index in [4.69, 9.17) is 9.47 Å². The van der Waals surface area contributed by atoms with Crippen molar-refractivity contribution in [2.75, 3.05) is 13.7 Å². The van der Waals surface area contributed by atoms with Crippen LogP contribution in [0.2, 0.25) is 0 Å². The molecule has 1 aliphatic rings. The minimum absolute atomic E-state index is 0.108. The Balaban J connectivity index is 2.23. The number of rotatable bonds is 3. The molecule has 2 rings (SSSR count). The van der Waals surface area contributed by atoms with Gasteiger partial charge in [0.05, 0.1) is 6.61 Å². The zero-order valence-corrected chi connectivity index (χ0v) is 8.29. The van der Waals surface area contributed by atoms with Gasteiger partial charge in [-0.25, -0.2) is 4.39 Å². The smallest absolute Gasteiger partial charge is 0.123 e. The predicted molar refractivity (Wildman–Crippen MR) is 50.5 cm³/mol. The zero-order valence-electron chi connectivity index (χ0n) is 8.29. The first-order chi connectivity index (χ1) is 6.65. The average molecular weight is 196 g/mol. The monoisotopic (exact) mass is 196 g/mol. The Morgan fingerprint density at radius 3 is 2.43 bits per heavy atom. The summed E-state index contributed by atoms with van der Waals surface area (Å²) in [5, 5.41) is 0. The van der Waals surface area contributed by atoms with Gasteiger partial charge in [-0.2, -0.15) is 0 Å². The van der Waals surface area contributed by atoms with Crippen LogP contribution in [0, 0.1) is 5.82 Å². The van der Waals surface area contributed by atoms with Crippen molar-refractivity contribution in [2.45, 2.75) is 18.6 Å². The topological polar surface area (TPSA) is 21.8 Å². The fourth-order valence-corrected chi connectivity index (χ4v) is 1.64. The fraction of sp³-hybridized carbons (Fsp3) is 0.455. The van der Waals surface area contributed by atoms with Crippen molar-refractivity contribution in [2.24, 2.45) is 0 Å². The molecule has 2 atom stereocenters. The van der Waals surface area contributed by atoms with Gasteiger partial charge in [0.15, 0.2) is 0 Å². The molecule has 1 aromatic rings. The van der Waals surface area contributed by atoms with E-state index in [1.165, 1.54) is 12.1 Å². The minimum Gasteiger partial charge on any atom is -0.374 e. The highest BCUT2D eigenvalue weighted by Crippen LogP contribution is 2.41. The van der Waals surface area contributed by atoms with Crippen LogP contribution in [0.4, 0.5) is 4.39 Å². The van der Waals surface area contributed by atoms with Gasteiger partial charge in [0.25, 0.3) is 0 Å². The van der Waals surface area contributed by atoms with E-state index in [0.29, 0.717) is 6.61 Å². The third kappa shape index (κ3) is 1.65. The molecule has 1 heterocycles. The Morgan fingerprint density at radius 1 is 1.43 bits per heavy atom. The van der Waals surface area contributed by atoms with Crippen molar-refractivity contribution >= 4 is 0 Å². The summed E-state index contributed by atoms with van der Waals surface area (Å²) in [7, 11) is 1.64. The van der Waals surface area contributed by atoms with E-state index in [-0.39, 0.29) is 17.5 Å². The van der Waals surface area contributed by atoms with E-state index in [9.17, 15) is 4.39 Å². The molecule has 3 heteroatoms. The number of hydrogen-bond donors (Lipinski definition) is 0. The summed E-state index contributed by atoms with van der Waals surface area (Å²) in [5.41, 5.74) is 0.723. The molecule has 0 aromatic heterocycles. The van der Waals surface area contributed by atoms with Crippen LogP contribution >= 0.6 is 0 Å². The molecule has 0 spiro atoms. The quantitative estimate of drug-likeness (QED) is 0.692. The summed E-state index contributed by atoms with van der Waals surface area (Å²) in [6, 6.07) is 6.34. The summed E-state index contributed by atoms with van der Waals surface area (Å²) < 4.78 is 23.4. The number of methoxy groups -OCH3 is 1. The summed E-state index contributed by atoms with van der Waals surface area (Å²) in [5.74, 6) is -0.231. The van der Waals surface area contributed by atoms with Crippen LogP contribution in [0.1, 0.15) is 18.6 Å². The summed E-state index contributed by atoms with van der Waals surface area (Å²) in [6.45, 7) is 2.69. The molecular formula is C11H13FO2. The molecule has 0 amide bonds.